The van der Waals surface area contributed by atoms with Gasteiger partial charge in [-0.25, -0.2) is 0 Å². The summed E-state index contributed by atoms with van der Waals surface area (Å²) in [6.45, 7) is 0. The molecule has 2 atom stereocenters. The molecule has 0 amide bonds. The summed E-state index contributed by atoms with van der Waals surface area (Å²) in [6.07, 6.45) is 0.770. The van der Waals surface area contributed by atoms with Gasteiger partial charge in [-0.15, -0.1) is 0 Å². The van der Waals surface area contributed by atoms with E-state index in [2.05, 4.69) is 15.4 Å². The van der Waals surface area contributed by atoms with Crippen LogP contribution in [0.25, 0.3) is 11.0 Å². The summed E-state index contributed by atoms with van der Waals surface area (Å²) in [4.78, 5) is 20.8. The molecule has 9 nitrogen and oxygen atoms in total. The fourth-order valence-electron chi connectivity index (χ4n) is 2.70. The van der Waals surface area contributed by atoms with Gasteiger partial charge in [0.1, 0.15) is 23.1 Å². The maximum atomic E-state index is 10.4. The zero-order valence-corrected chi connectivity index (χ0v) is 17.9. The highest BCUT2D eigenvalue weighted by molar-refractivity contribution is 5.74. The summed E-state index contributed by atoms with van der Waals surface area (Å²) >= 11 is 0. The quantitative estimate of drug-likeness (QED) is 0.298. The average Bonchev–Trinajstić information content (AvgIpc) is 3.30. The number of benzene rings is 3. The number of aromatic nitrogens is 3. The summed E-state index contributed by atoms with van der Waals surface area (Å²) in [5.41, 5.74) is 14.4. The maximum absolute atomic E-state index is 10.4. The minimum Gasteiger partial charge on any atom is -0.480 e. The second-order valence-corrected chi connectivity index (χ2v) is 7.08. The number of nitrogens with two attached hydrogens (primary N) is 2. The first kappa shape index (κ1) is 25.2. The Kier molecular flexibility index (Phi) is 10.2. The number of carboxylic acids is 2. The molecule has 0 spiro atoms. The summed E-state index contributed by atoms with van der Waals surface area (Å²) in [6, 6.07) is 24.8. The van der Waals surface area contributed by atoms with Gasteiger partial charge < -0.3 is 21.7 Å². The van der Waals surface area contributed by atoms with Crippen molar-refractivity contribution in [3.8, 4) is 0 Å². The van der Waals surface area contributed by atoms with Crippen LogP contribution < -0.4 is 11.5 Å². The van der Waals surface area contributed by atoms with Crippen molar-refractivity contribution in [3.63, 3.8) is 0 Å². The molecule has 2 unspecified atom stereocenters. The van der Waals surface area contributed by atoms with Crippen molar-refractivity contribution >= 4 is 23.0 Å². The van der Waals surface area contributed by atoms with Crippen LogP contribution in [0, 0.1) is 0 Å². The number of nitrogens with zero attached hydrogens (tertiary/aromatic N) is 2. The lowest BCUT2D eigenvalue weighted by atomic mass is 10.1. The molecule has 0 aliphatic rings. The van der Waals surface area contributed by atoms with Gasteiger partial charge >= 0.3 is 11.9 Å². The lowest BCUT2D eigenvalue weighted by molar-refractivity contribution is -0.139. The number of hydrogen-bond acceptors (Lipinski definition) is 6. The Hall–Kier alpha value is -4.08. The molecule has 3 aromatic carbocycles. The van der Waals surface area contributed by atoms with Crippen LogP contribution in [0.2, 0.25) is 0 Å². The van der Waals surface area contributed by atoms with Crippen LogP contribution in [-0.2, 0) is 22.4 Å². The molecule has 0 fully saturated rings. The van der Waals surface area contributed by atoms with Crippen LogP contribution in [0.3, 0.4) is 0 Å². The van der Waals surface area contributed by atoms with E-state index >= 15 is 0 Å². The number of para-hydroxylation sites is 2. The van der Waals surface area contributed by atoms with E-state index in [0.717, 1.165) is 22.2 Å². The fourth-order valence-corrected chi connectivity index (χ4v) is 2.70. The van der Waals surface area contributed by atoms with E-state index in [4.69, 9.17) is 21.7 Å². The first-order valence-electron chi connectivity index (χ1n) is 10.2. The van der Waals surface area contributed by atoms with Gasteiger partial charge in [0.2, 0.25) is 0 Å². The van der Waals surface area contributed by atoms with Crippen molar-refractivity contribution in [3.05, 3.63) is 96.1 Å². The van der Waals surface area contributed by atoms with Gasteiger partial charge in [-0.1, -0.05) is 72.8 Å². The normalized spacial score (nSPS) is 11.8. The van der Waals surface area contributed by atoms with Crippen molar-refractivity contribution < 1.29 is 19.8 Å². The number of nitrogens with one attached hydrogen (secondary N) is 1. The lowest BCUT2D eigenvalue weighted by Crippen LogP contribution is -2.32. The Bertz CT molecular complexity index is 1030. The van der Waals surface area contributed by atoms with Crippen molar-refractivity contribution in [1.82, 2.24) is 15.4 Å². The molecule has 1 heterocycles. The maximum Gasteiger partial charge on any atom is 0.320 e. The molecule has 0 saturated heterocycles. The van der Waals surface area contributed by atoms with E-state index in [0.29, 0.717) is 12.8 Å². The predicted octanol–water partition coefficient (Wildman–Crippen LogP) is 2.24. The van der Waals surface area contributed by atoms with Gasteiger partial charge in [0.05, 0.1) is 0 Å². The van der Waals surface area contributed by atoms with E-state index in [-0.39, 0.29) is 0 Å². The highest BCUT2D eigenvalue weighted by Gasteiger charge is 2.11. The summed E-state index contributed by atoms with van der Waals surface area (Å²) in [5, 5.41) is 27.3. The average molecular weight is 450 g/mol. The fraction of sp³-hybridized carbons (Fsp3) is 0.167. The van der Waals surface area contributed by atoms with E-state index in [1.165, 1.54) is 0 Å². The molecule has 172 valence electrons. The van der Waals surface area contributed by atoms with Crippen molar-refractivity contribution in [2.24, 2.45) is 11.5 Å². The molecule has 4 rings (SSSR count). The highest BCUT2D eigenvalue weighted by atomic mass is 16.4. The molecule has 0 aliphatic heterocycles. The molecular weight excluding hydrogens is 422 g/mol. The highest BCUT2D eigenvalue weighted by Crippen LogP contribution is 2.04. The number of aliphatic carboxylic acids is 2. The summed E-state index contributed by atoms with van der Waals surface area (Å²) < 4.78 is 0. The Balaban J connectivity index is 0.000000177. The van der Waals surface area contributed by atoms with E-state index in [1.807, 2.05) is 84.9 Å². The topological polar surface area (TPSA) is 168 Å². The third-order valence-electron chi connectivity index (χ3n) is 4.45. The SMILES string of the molecule is NC(Cc1ccccc1)C(=O)O.NC(Cc1ccccc1)C(=O)O.c1ccc2n[nH]nc2c1. The number of fused-ring (bicyclic) bond motifs is 1. The molecule has 4 aromatic rings. The van der Waals surface area contributed by atoms with Crippen LogP contribution in [0.5, 0.6) is 0 Å². The molecule has 7 N–H and O–H groups in total. The first-order chi connectivity index (χ1) is 15.9. The number of carbonyl (C=O) groups is 2. The Morgan fingerprint density at radius 2 is 1.00 bits per heavy atom. The standard InChI is InChI=1S/2C9H11NO2.C6H5N3/c2*10-8(9(11)12)6-7-4-2-1-3-5-7;1-2-4-6-5(3-1)7-9-8-6/h2*1-5,8H,6,10H2,(H,11,12);1-4H,(H,7,8,9). The molecule has 1 aromatic heterocycles. The smallest absolute Gasteiger partial charge is 0.320 e. The third-order valence-corrected chi connectivity index (χ3v) is 4.45. The zero-order chi connectivity index (χ0) is 24.1. The lowest BCUT2D eigenvalue weighted by Gasteiger charge is -2.04. The van der Waals surface area contributed by atoms with Crippen molar-refractivity contribution in [2.75, 3.05) is 0 Å². The van der Waals surface area contributed by atoms with E-state index in [9.17, 15) is 9.59 Å². The van der Waals surface area contributed by atoms with Gasteiger partial charge in [0, 0.05) is 0 Å². The molecule has 0 saturated carbocycles. The largest absolute Gasteiger partial charge is 0.480 e. The Labute approximate surface area is 191 Å². The molecular formula is C24H27N5O4. The van der Waals surface area contributed by atoms with Crippen LogP contribution in [0.15, 0.2) is 84.9 Å². The number of carboxylic acid groups (broad SMARTS) is 2. The minimum atomic E-state index is -0.959. The molecule has 0 bridgehead atoms. The van der Waals surface area contributed by atoms with Crippen molar-refractivity contribution in [1.29, 1.82) is 0 Å². The Morgan fingerprint density at radius 1 is 0.667 bits per heavy atom. The molecule has 0 aliphatic carbocycles. The van der Waals surface area contributed by atoms with Gasteiger partial charge in [-0.3, -0.25) is 9.59 Å². The van der Waals surface area contributed by atoms with E-state index < -0.39 is 24.0 Å². The number of rotatable bonds is 6. The molecule has 9 heteroatoms. The molecule has 0 radical (unpaired) electrons. The monoisotopic (exact) mass is 449 g/mol. The van der Waals surface area contributed by atoms with Crippen molar-refractivity contribution in [2.45, 2.75) is 24.9 Å². The predicted molar refractivity (Wildman–Crippen MR) is 125 cm³/mol. The molecule has 33 heavy (non-hydrogen) atoms. The number of hydrogen-bond donors (Lipinski definition) is 5. The van der Waals surface area contributed by atoms with Gasteiger partial charge in [0.25, 0.3) is 0 Å². The zero-order valence-electron chi connectivity index (χ0n) is 17.9. The van der Waals surface area contributed by atoms with Gasteiger partial charge in [-0.2, -0.15) is 15.4 Å². The van der Waals surface area contributed by atoms with Crippen LogP contribution in [0.1, 0.15) is 11.1 Å². The number of aromatic amines is 1. The number of H-pyrrole nitrogens is 1. The minimum absolute atomic E-state index is 0.385. The summed E-state index contributed by atoms with van der Waals surface area (Å²) in [5.74, 6) is -1.92. The second-order valence-electron chi connectivity index (χ2n) is 7.08. The summed E-state index contributed by atoms with van der Waals surface area (Å²) in [7, 11) is 0. The second kappa shape index (κ2) is 13.4. The van der Waals surface area contributed by atoms with E-state index in [1.54, 1.807) is 0 Å². The van der Waals surface area contributed by atoms with Crippen LogP contribution in [0.4, 0.5) is 0 Å². The van der Waals surface area contributed by atoms with Crippen LogP contribution >= 0.6 is 0 Å². The van der Waals surface area contributed by atoms with Gasteiger partial charge in [-0.05, 0) is 36.1 Å². The third kappa shape index (κ3) is 9.30. The first-order valence-corrected chi connectivity index (χ1v) is 10.2. The Morgan fingerprint density at radius 3 is 1.33 bits per heavy atom. The van der Waals surface area contributed by atoms with Crippen LogP contribution in [-0.4, -0.2) is 49.6 Å². The van der Waals surface area contributed by atoms with Gasteiger partial charge in [0.15, 0.2) is 0 Å².